The Kier molecular flexibility index (Phi) is 5.43. The molecule has 6 heteroatoms. The first kappa shape index (κ1) is 17.5. The van der Waals surface area contributed by atoms with E-state index < -0.39 is 11.7 Å². The van der Waals surface area contributed by atoms with Gasteiger partial charge in [0, 0.05) is 11.8 Å². The molecule has 0 atom stereocenters. The number of benzene rings is 2. The zero-order valence-electron chi connectivity index (χ0n) is 13.9. The summed E-state index contributed by atoms with van der Waals surface area (Å²) in [5, 5.41) is 2.72. The van der Waals surface area contributed by atoms with E-state index in [2.05, 4.69) is 5.32 Å². The number of methoxy groups -OCH3 is 1. The zero-order valence-corrected chi connectivity index (χ0v) is 14.6. The van der Waals surface area contributed by atoms with Gasteiger partial charge in [0.15, 0.2) is 11.5 Å². The van der Waals surface area contributed by atoms with Crippen molar-refractivity contribution in [1.82, 2.24) is 0 Å². The quantitative estimate of drug-likeness (QED) is 0.807. The van der Waals surface area contributed by atoms with Crippen LogP contribution < -0.4 is 14.8 Å². The number of halogens is 2. The zero-order chi connectivity index (χ0) is 17.8. The molecule has 1 aliphatic rings. The number of hydrogen-bond acceptors (Lipinski definition) is 3. The molecule has 2 aromatic carbocycles. The number of nitrogens with one attached hydrogen (secondary N) is 1. The summed E-state index contributed by atoms with van der Waals surface area (Å²) < 4.78 is 25.2. The van der Waals surface area contributed by atoms with Gasteiger partial charge in [0.05, 0.1) is 23.8 Å². The van der Waals surface area contributed by atoms with E-state index in [1.165, 1.54) is 18.2 Å². The summed E-state index contributed by atoms with van der Waals surface area (Å²) in [6, 6.07) is 9.20. The van der Waals surface area contributed by atoms with Gasteiger partial charge in [0.1, 0.15) is 5.82 Å². The normalized spacial score (nSPS) is 14.4. The number of amides is 1. The van der Waals surface area contributed by atoms with Crippen molar-refractivity contribution in [3.05, 3.63) is 52.8 Å². The second-order valence-electron chi connectivity index (χ2n) is 5.94. The molecule has 0 radical (unpaired) electrons. The first-order valence-corrected chi connectivity index (χ1v) is 8.56. The fourth-order valence-corrected chi connectivity index (χ4v) is 3.19. The minimum atomic E-state index is -0.666. The van der Waals surface area contributed by atoms with Crippen LogP contribution in [0.3, 0.4) is 0 Å². The van der Waals surface area contributed by atoms with Crippen molar-refractivity contribution in [3.8, 4) is 11.5 Å². The van der Waals surface area contributed by atoms with Crippen molar-refractivity contribution in [2.75, 3.05) is 12.4 Å². The van der Waals surface area contributed by atoms with Crippen LogP contribution in [0.5, 0.6) is 11.5 Å². The van der Waals surface area contributed by atoms with Crippen LogP contribution in [-0.4, -0.2) is 19.1 Å². The molecule has 1 amide bonds. The molecule has 0 unspecified atom stereocenters. The van der Waals surface area contributed by atoms with Crippen molar-refractivity contribution >= 4 is 23.2 Å². The highest BCUT2D eigenvalue weighted by molar-refractivity contribution is 6.34. The van der Waals surface area contributed by atoms with E-state index in [1.807, 2.05) is 0 Å². The molecule has 132 valence electrons. The van der Waals surface area contributed by atoms with Gasteiger partial charge in [-0.05, 0) is 49.9 Å². The van der Waals surface area contributed by atoms with Gasteiger partial charge in [0.2, 0.25) is 0 Å². The lowest BCUT2D eigenvalue weighted by atomic mass is 10.2. The predicted octanol–water partition coefficient (Wildman–Crippen LogP) is 5.06. The Bertz CT molecular complexity index is 755. The minimum absolute atomic E-state index is 0.0634. The smallest absolute Gasteiger partial charge is 0.260 e. The number of ether oxygens (including phenoxy) is 2. The maximum absolute atomic E-state index is 13.9. The summed E-state index contributed by atoms with van der Waals surface area (Å²) in [5.41, 5.74) is 0.302. The Balaban J connectivity index is 1.81. The average molecular weight is 364 g/mol. The number of anilines is 1. The molecule has 1 N–H and O–H groups in total. The van der Waals surface area contributed by atoms with Gasteiger partial charge in [0.25, 0.3) is 5.91 Å². The number of rotatable bonds is 5. The molecule has 25 heavy (non-hydrogen) atoms. The van der Waals surface area contributed by atoms with Crippen molar-refractivity contribution in [2.45, 2.75) is 31.8 Å². The molecule has 1 aliphatic carbocycles. The van der Waals surface area contributed by atoms with Crippen molar-refractivity contribution in [3.63, 3.8) is 0 Å². The summed E-state index contributed by atoms with van der Waals surface area (Å²) in [4.78, 5) is 12.4. The van der Waals surface area contributed by atoms with E-state index in [0.29, 0.717) is 17.2 Å². The first-order chi connectivity index (χ1) is 12.1. The van der Waals surface area contributed by atoms with E-state index >= 15 is 0 Å². The van der Waals surface area contributed by atoms with Crippen LogP contribution in [0, 0.1) is 5.82 Å². The molecule has 0 heterocycles. The summed E-state index contributed by atoms with van der Waals surface area (Å²) in [6.07, 6.45) is 4.46. The molecular weight excluding hydrogens is 345 g/mol. The molecular formula is C19H19ClFNO3. The lowest BCUT2D eigenvalue weighted by molar-refractivity contribution is 0.102. The van der Waals surface area contributed by atoms with Gasteiger partial charge >= 0.3 is 0 Å². The first-order valence-electron chi connectivity index (χ1n) is 8.18. The highest BCUT2D eigenvalue weighted by Gasteiger charge is 2.20. The van der Waals surface area contributed by atoms with Gasteiger partial charge in [-0.2, -0.15) is 0 Å². The van der Waals surface area contributed by atoms with Crippen LogP contribution in [0.4, 0.5) is 10.1 Å². The molecule has 2 aromatic rings. The summed E-state index contributed by atoms with van der Waals surface area (Å²) in [6.45, 7) is 0. The highest BCUT2D eigenvalue weighted by atomic mass is 35.5. The monoisotopic (exact) mass is 363 g/mol. The Labute approximate surface area is 150 Å². The number of carbonyl (C=O) groups excluding carboxylic acids is 1. The maximum Gasteiger partial charge on any atom is 0.260 e. The summed E-state index contributed by atoms with van der Waals surface area (Å²) >= 11 is 5.94. The van der Waals surface area contributed by atoms with Gasteiger partial charge in [-0.25, -0.2) is 4.39 Å². The van der Waals surface area contributed by atoms with E-state index in [4.69, 9.17) is 21.1 Å². The summed E-state index contributed by atoms with van der Waals surface area (Å²) in [5.74, 6) is -0.123. The lowest BCUT2D eigenvalue weighted by Crippen LogP contribution is -2.15. The molecule has 0 bridgehead atoms. The standard InChI is InChI=1S/C19H19ClFNO3/c1-24-16-10-9-12(11-17(16)25-13-5-2-3-6-13)22-19(23)18-14(20)7-4-8-15(18)21/h4,7-11,13H,2-3,5-6H2,1H3,(H,22,23). The average Bonchev–Trinajstić information content (AvgIpc) is 3.08. The van der Waals surface area contributed by atoms with Crippen molar-refractivity contribution in [1.29, 1.82) is 0 Å². The van der Waals surface area contributed by atoms with E-state index in [0.717, 1.165) is 25.7 Å². The topological polar surface area (TPSA) is 47.6 Å². The van der Waals surface area contributed by atoms with Crippen molar-refractivity contribution in [2.24, 2.45) is 0 Å². The maximum atomic E-state index is 13.9. The Morgan fingerprint density at radius 1 is 1.20 bits per heavy atom. The molecule has 0 aromatic heterocycles. The van der Waals surface area contributed by atoms with E-state index in [1.54, 1.807) is 25.3 Å². The van der Waals surface area contributed by atoms with Crippen LogP contribution in [0.1, 0.15) is 36.0 Å². The van der Waals surface area contributed by atoms with Crippen LogP contribution in [-0.2, 0) is 0 Å². The van der Waals surface area contributed by atoms with Gasteiger partial charge < -0.3 is 14.8 Å². The van der Waals surface area contributed by atoms with Crippen LogP contribution in [0.2, 0.25) is 5.02 Å². The van der Waals surface area contributed by atoms with E-state index in [-0.39, 0.29) is 16.7 Å². The third-order valence-corrected chi connectivity index (χ3v) is 4.52. The molecule has 1 saturated carbocycles. The van der Waals surface area contributed by atoms with Crippen LogP contribution in [0.15, 0.2) is 36.4 Å². The third-order valence-electron chi connectivity index (χ3n) is 4.21. The van der Waals surface area contributed by atoms with Gasteiger partial charge in [-0.15, -0.1) is 0 Å². The predicted molar refractivity (Wildman–Crippen MR) is 95.2 cm³/mol. The van der Waals surface area contributed by atoms with Gasteiger partial charge in [-0.3, -0.25) is 4.79 Å². The van der Waals surface area contributed by atoms with Crippen LogP contribution >= 0.6 is 11.6 Å². The fourth-order valence-electron chi connectivity index (χ4n) is 2.94. The largest absolute Gasteiger partial charge is 0.493 e. The Morgan fingerprint density at radius 2 is 1.96 bits per heavy atom. The highest BCUT2D eigenvalue weighted by Crippen LogP contribution is 2.34. The minimum Gasteiger partial charge on any atom is -0.493 e. The van der Waals surface area contributed by atoms with Gasteiger partial charge in [-0.1, -0.05) is 17.7 Å². The molecule has 0 spiro atoms. The molecule has 0 saturated heterocycles. The van der Waals surface area contributed by atoms with Crippen molar-refractivity contribution < 1.29 is 18.7 Å². The molecule has 0 aliphatic heterocycles. The lowest BCUT2D eigenvalue weighted by Gasteiger charge is -2.17. The Hall–Kier alpha value is -2.27. The van der Waals surface area contributed by atoms with Crippen LogP contribution in [0.25, 0.3) is 0 Å². The fraction of sp³-hybridized carbons (Fsp3) is 0.316. The van der Waals surface area contributed by atoms with E-state index in [9.17, 15) is 9.18 Å². The number of hydrogen-bond donors (Lipinski definition) is 1. The summed E-state index contributed by atoms with van der Waals surface area (Å²) in [7, 11) is 1.56. The molecule has 4 nitrogen and oxygen atoms in total. The third kappa shape index (κ3) is 4.04. The molecule has 1 fully saturated rings. The second kappa shape index (κ2) is 7.74. The molecule has 3 rings (SSSR count). The number of carbonyl (C=O) groups is 1. The Morgan fingerprint density at radius 3 is 2.64 bits per heavy atom. The SMILES string of the molecule is COc1ccc(NC(=O)c2c(F)cccc2Cl)cc1OC1CCCC1. The second-order valence-corrected chi connectivity index (χ2v) is 6.35.